The van der Waals surface area contributed by atoms with Crippen LogP contribution in [0.5, 0.6) is 0 Å². The molecule has 1 aliphatic heterocycles. The van der Waals surface area contributed by atoms with Crippen molar-refractivity contribution in [2.24, 2.45) is 0 Å². The average molecular weight is 349 g/mol. The van der Waals surface area contributed by atoms with E-state index in [1.807, 2.05) is 18.2 Å². The molecule has 6 heteroatoms. The van der Waals surface area contributed by atoms with Crippen molar-refractivity contribution in [2.75, 3.05) is 64.9 Å². The summed E-state index contributed by atoms with van der Waals surface area (Å²) in [6.45, 7) is 7.62. The van der Waals surface area contributed by atoms with Gasteiger partial charge >= 0.3 is 6.09 Å². The van der Waals surface area contributed by atoms with E-state index in [0.717, 1.165) is 51.5 Å². The molecule has 1 fully saturated rings. The number of morpholine rings is 1. The number of anilines is 1. The van der Waals surface area contributed by atoms with Crippen LogP contribution in [-0.4, -0.2) is 81.0 Å². The highest BCUT2D eigenvalue weighted by Crippen LogP contribution is 2.24. The van der Waals surface area contributed by atoms with Gasteiger partial charge in [0, 0.05) is 31.9 Å². The number of rotatable bonds is 8. The van der Waals surface area contributed by atoms with Crippen molar-refractivity contribution in [3.05, 3.63) is 29.8 Å². The van der Waals surface area contributed by atoms with Gasteiger partial charge in [-0.25, -0.2) is 4.79 Å². The number of hydrogen-bond donors (Lipinski definition) is 1. The maximum Gasteiger partial charge on any atom is 0.411 e. The number of amides is 1. The fraction of sp³-hybridized carbons (Fsp3) is 0.632. The highest BCUT2D eigenvalue weighted by atomic mass is 16.5. The van der Waals surface area contributed by atoms with Gasteiger partial charge in [0.05, 0.1) is 13.2 Å². The molecule has 0 bridgehead atoms. The minimum absolute atomic E-state index is 0.400. The van der Waals surface area contributed by atoms with Crippen molar-refractivity contribution in [2.45, 2.75) is 19.3 Å². The number of ether oxygens (including phenoxy) is 1. The molecule has 25 heavy (non-hydrogen) atoms. The highest BCUT2D eigenvalue weighted by molar-refractivity contribution is 5.86. The Morgan fingerprint density at radius 2 is 2.00 bits per heavy atom. The summed E-state index contributed by atoms with van der Waals surface area (Å²) in [7, 11) is 4.14. The summed E-state index contributed by atoms with van der Waals surface area (Å²) >= 11 is 0. The van der Waals surface area contributed by atoms with Crippen LogP contribution in [0.3, 0.4) is 0 Å². The van der Waals surface area contributed by atoms with Gasteiger partial charge in [0.2, 0.25) is 0 Å². The molecule has 1 unspecified atom stereocenters. The van der Waals surface area contributed by atoms with Crippen LogP contribution in [0.2, 0.25) is 0 Å². The predicted octanol–water partition coefficient (Wildman–Crippen LogP) is 2.56. The van der Waals surface area contributed by atoms with Gasteiger partial charge < -0.3 is 14.7 Å². The van der Waals surface area contributed by atoms with E-state index >= 15 is 0 Å². The Bertz CT molecular complexity index is 544. The summed E-state index contributed by atoms with van der Waals surface area (Å²) in [6.07, 6.45) is 0.156. The first-order valence-corrected chi connectivity index (χ1v) is 9.02. The topological polar surface area (TPSA) is 56.2 Å². The van der Waals surface area contributed by atoms with E-state index in [1.165, 1.54) is 10.5 Å². The van der Waals surface area contributed by atoms with Crippen LogP contribution in [0.4, 0.5) is 10.5 Å². The lowest BCUT2D eigenvalue weighted by Crippen LogP contribution is -2.42. The number of nitrogens with zero attached hydrogens (tertiary/aromatic N) is 3. The summed E-state index contributed by atoms with van der Waals surface area (Å²) in [5, 5.41) is 9.64. The van der Waals surface area contributed by atoms with Gasteiger partial charge in [-0.05, 0) is 50.7 Å². The van der Waals surface area contributed by atoms with Crippen LogP contribution < -0.4 is 4.90 Å². The van der Waals surface area contributed by atoms with Gasteiger partial charge in [0.1, 0.15) is 0 Å². The average Bonchev–Trinajstić information content (AvgIpc) is 2.60. The first-order valence-electron chi connectivity index (χ1n) is 9.02. The summed E-state index contributed by atoms with van der Waals surface area (Å²) in [5.74, 6) is 0.400. The molecular weight excluding hydrogens is 318 g/mol. The van der Waals surface area contributed by atoms with Crippen molar-refractivity contribution < 1.29 is 14.6 Å². The second kappa shape index (κ2) is 9.75. The van der Waals surface area contributed by atoms with Crippen molar-refractivity contribution in [3.63, 3.8) is 0 Å². The second-order valence-electron chi connectivity index (χ2n) is 6.98. The van der Waals surface area contributed by atoms with Gasteiger partial charge in [-0.15, -0.1) is 0 Å². The predicted molar refractivity (Wildman–Crippen MR) is 101 cm³/mol. The number of hydrogen-bond acceptors (Lipinski definition) is 4. The molecule has 0 radical (unpaired) electrons. The lowest BCUT2D eigenvalue weighted by Gasteiger charge is -2.29. The Kier molecular flexibility index (Phi) is 7.68. The van der Waals surface area contributed by atoms with Crippen LogP contribution >= 0.6 is 0 Å². The Morgan fingerprint density at radius 3 is 2.64 bits per heavy atom. The molecule has 1 N–H and O–H groups in total. The molecule has 2 rings (SSSR count). The fourth-order valence-corrected chi connectivity index (χ4v) is 3.02. The zero-order valence-electron chi connectivity index (χ0n) is 15.6. The standard InChI is InChI=1S/C19H31N3O3/c1-16(7-8-20(2)3)17-5-4-6-18(15-17)22(19(23)24)10-9-21-11-13-25-14-12-21/h4-6,15-16H,7-14H2,1-3H3,(H,23,24). The highest BCUT2D eigenvalue weighted by Gasteiger charge is 2.18. The quantitative estimate of drug-likeness (QED) is 0.782. The van der Waals surface area contributed by atoms with Crippen LogP contribution in [-0.2, 0) is 4.74 Å². The normalized spacial score (nSPS) is 16.8. The molecule has 140 valence electrons. The van der Waals surface area contributed by atoms with Crippen LogP contribution in [0, 0.1) is 0 Å². The molecule has 0 aromatic heterocycles. The van der Waals surface area contributed by atoms with Crippen molar-refractivity contribution >= 4 is 11.8 Å². The Hall–Kier alpha value is -1.63. The first-order chi connectivity index (χ1) is 12.0. The third-order valence-electron chi connectivity index (χ3n) is 4.73. The molecule has 1 aromatic carbocycles. The van der Waals surface area contributed by atoms with Gasteiger partial charge in [-0.3, -0.25) is 9.80 Å². The van der Waals surface area contributed by atoms with Crippen molar-refractivity contribution in [1.29, 1.82) is 0 Å². The summed E-state index contributed by atoms with van der Waals surface area (Å²) in [5.41, 5.74) is 1.95. The summed E-state index contributed by atoms with van der Waals surface area (Å²) in [4.78, 5) is 17.6. The fourth-order valence-electron chi connectivity index (χ4n) is 3.02. The zero-order chi connectivity index (χ0) is 18.2. The van der Waals surface area contributed by atoms with Gasteiger partial charge in [-0.1, -0.05) is 19.1 Å². The molecule has 1 saturated heterocycles. The maximum atomic E-state index is 11.7. The van der Waals surface area contributed by atoms with Gasteiger partial charge in [0.25, 0.3) is 0 Å². The Balaban J connectivity index is 2.01. The Labute approximate surface area is 151 Å². The summed E-state index contributed by atoms with van der Waals surface area (Å²) in [6, 6.07) is 7.96. The molecular formula is C19H31N3O3. The largest absolute Gasteiger partial charge is 0.465 e. The van der Waals surface area contributed by atoms with Crippen LogP contribution in [0.25, 0.3) is 0 Å². The lowest BCUT2D eigenvalue weighted by molar-refractivity contribution is 0.0392. The van der Waals surface area contributed by atoms with E-state index in [1.54, 1.807) is 0 Å². The zero-order valence-corrected chi connectivity index (χ0v) is 15.6. The molecule has 1 amide bonds. The van der Waals surface area contributed by atoms with Crippen molar-refractivity contribution in [3.8, 4) is 0 Å². The molecule has 6 nitrogen and oxygen atoms in total. The number of carboxylic acid groups (broad SMARTS) is 1. The van der Waals surface area contributed by atoms with E-state index in [0.29, 0.717) is 12.5 Å². The molecule has 1 aromatic rings. The van der Waals surface area contributed by atoms with E-state index in [4.69, 9.17) is 4.74 Å². The Morgan fingerprint density at radius 1 is 1.28 bits per heavy atom. The first kappa shape index (κ1) is 19.7. The minimum atomic E-state index is -0.897. The second-order valence-corrected chi connectivity index (χ2v) is 6.98. The smallest absolute Gasteiger partial charge is 0.411 e. The van der Waals surface area contributed by atoms with Gasteiger partial charge in [0.15, 0.2) is 0 Å². The lowest BCUT2D eigenvalue weighted by atomic mass is 9.97. The molecule has 1 atom stereocenters. The van der Waals surface area contributed by atoms with Gasteiger partial charge in [-0.2, -0.15) is 0 Å². The SMILES string of the molecule is CC(CCN(C)C)c1cccc(N(CCN2CCOCC2)C(=O)O)c1. The van der Waals surface area contributed by atoms with Crippen LogP contribution in [0.1, 0.15) is 24.8 Å². The maximum absolute atomic E-state index is 11.7. The van der Waals surface area contributed by atoms with Crippen LogP contribution in [0.15, 0.2) is 24.3 Å². The molecule has 0 saturated carbocycles. The third kappa shape index (κ3) is 6.30. The molecule has 1 aliphatic rings. The molecule has 1 heterocycles. The monoisotopic (exact) mass is 349 g/mol. The minimum Gasteiger partial charge on any atom is -0.465 e. The third-order valence-corrected chi connectivity index (χ3v) is 4.73. The number of benzene rings is 1. The van der Waals surface area contributed by atoms with E-state index < -0.39 is 6.09 Å². The molecule has 0 aliphatic carbocycles. The summed E-state index contributed by atoms with van der Waals surface area (Å²) < 4.78 is 5.35. The van der Waals surface area contributed by atoms with E-state index in [2.05, 4.69) is 36.9 Å². The van der Waals surface area contributed by atoms with E-state index in [-0.39, 0.29) is 0 Å². The molecule has 0 spiro atoms. The number of carbonyl (C=O) groups is 1. The van der Waals surface area contributed by atoms with Crippen molar-refractivity contribution in [1.82, 2.24) is 9.80 Å². The van der Waals surface area contributed by atoms with E-state index in [9.17, 15) is 9.90 Å².